The number of alkyl halides is 3. The van der Waals surface area contributed by atoms with Crippen LogP contribution in [0.2, 0.25) is 0 Å². The highest BCUT2D eigenvalue weighted by atomic mass is 127. The van der Waals surface area contributed by atoms with Gasteiger partial charge in [0.1, 0.15) is 5.01 Å². The van der Waals surface area contributed by atoms with Gasteiger partial charge in [-0.25, -0.2) is 4.98 Å². The molecule has 0 aromatic carbocycles. The highest BCUT2D eigenvalue weighted by molar-refractivity contribution is 14.0. The minimum Gasteiger partial charge on any atom is -0.377 e. The number of thiazole rings is 1. The number of halogens is 4. The van der Waals surface area contributed by atoms with E-state index in [2.05, 4.69) is 25.5 Å². The summed E-state index contributed by atoms with van der Waals surface area (Å²) in [6.07, 6.45) is -2.18. The fraction of sp³-hybridized carbons (Fsp3) is 0.765. The van der Waals surface area contributed by atoms with E-state index < -0.39 is 11.9 Å². The molecule has 0 bridgehead atoms. The summed E-state index contributed by atoms with van der Waals surface area (Å²) in [4.78, 5) is 10.2. The number of piperidine rings is 1. The molecule has 11 heteroatoms. The maximum Gasteiger partial charge on any atom is 0.434 e. The maximum atomic E-state index is 12.6. The molecule has 1 aromatic heterocycles. The number of hydrogen-bond acceptors (Lipinski definition) is 5. The molecule has 0 radical (unpaired) electrons. The van der Waals surface area contributed by atoms with Crippen molar-refractivity contribution in [3.8, 4) is 0 Å². The summed E-state index contributed by atoms with van der Waals surface area (Å²) in [6, 6.07) is 0.292. The van der Waals surface area contributed by atoms with Crippen LogP contribution in [-0.4, -0.2) is 61.3 Å². The number of nitrogens with zero attached hydrogens (tertiary/aromatic N) is 3. The largest absolute Gasteiger partial charge is 0.434 e. The average Bonchev–Trinajstić information content (AvgIpc) is 3.09. The third-order valence-corrected chi connectivity index (χ3v) is 5.11. The zero-order chi connectivity index (χ0) is 19.9. The van der Waals surface area contributed by atoms with Gasteiger partial charge in [-0.3, -0.25) is 4.99 Å². The zero-order valence-electron chi connectivity index (χ0n) is 16.4. The molecule has 2 N–H and O–H groups in total. The van der Waals surface area contributed by atoms with Crippen molar-refractivity contribution < 1.29 is 17.9 Å². The fourth-order valence-corrected chi connectivity index (χ4v) is 3.53. The van der Waals surface area contributed by atoms with Gasteiger partial charge in [0.15, 0.2) is 11.7 Å². The lowest BCUT2D eigenvalue weighted by atomic mass is 10.1. The first-order valence-electron chi connectivity index (χ1n) is 9.10. The minimum absolute atomic E-state index is 0. The molecule has 0 unspecified atom stereocenters. The molecular weight excluding hydrogens is 506 g/mol. The van der Waals surface area contributed by atoms with Crippen LogP contribution in [0.3, 0.4) is 0 Å². The van der Waals surface area contributed by atoms with Crippen molar-refractivity contribution in [1.82, 2.24) is 20.5 Å². The van der Waals surface area contributed by atoms with Crippen molar-refractivity contribution in [2.75, 3.05) is 33.3 Å². The number of guanidine groups is 1. The molecular formula is C17H29F3IN5OS. The van der Waals surface area contributed by atoms with Gasteiger partial charge in [-0.1, -0.05) is 0 Å². The number of rotatable bonds is 7. The summed E-state index contributed by atoms with van der Waals surface area (Å²) in [5.74, 6) is 0.584. The Bertz CT molecular complexity index is 604. The van der Waals surface area contributed by atoms with Crippen molar-refractivity contribution in [3.63, 3.8) is 0 Å². The second-order valence-electron chi connectivity index (χ2n) is 6.73. The van der Waals surface area contributed by atoms with Crippen molar-refractivity contribution in [2.45, 2.75) is 51.6 Å². The second kappa shape index (κ2) is 12.1. The van der Waals surface area contributed by atoms with Crippen molar-refractivity contribution >= 4 is 41.3 Å². The van der Waals surface area contributed by atoms with Gasteiger partial charge < -0.3 is 20.3 Å². The van der Waals surface area contributed by atoms with E-state index in [1.54, 1.807) is 7.05 Å². The Morgan fingerprint density at radius 2 is 2.07 bits per heavy atom. The van der Waals surface area contributed by atoms with Crippen molar-refractivity contribution in [3.05, 3.63) is 16.1 Å². The normalized spacial score (nSPS) is 16.9. The third kappa shape index (κ3) is 8.78. The Balaban J connectivity index is 0.00000392. The minimum atomic E-state index is -4.40. The van der Waals surface area contributed by atoms with Gasteiger partial charge in [0, 0.05) is 38.1 Å². The lowest BCUT2D eigenvalue weighted by Gasteiger charge is -2.33. The van der Waals surface area contributed by atoms with Gasteiger partial charge in [0.2, 0.25) is 0 Å². The Kier molecular flexibility index (Phi) is 11.0. The zero-order valence-corrected chi connectivity index (χ0v) is 19.5. The van der Waals surface area contributed by atoms with E-state index in [9.17, 15) is 13.2 Å². The lowest BCUT2D eigenvalue weighted by Crippen LogP contribution is -2.49. The number of aromatic nitrogens is 1. The van der Waals surface area contributed by atoms with Crippen LogP contribution in [0.5, 0.6) is 0 Å². The molecule has 2 rings (SSSR count). The molecule has 0 amide bonds. The molecule has 28 heavy (non-hydrogen) atoms. The Morgan fingerprint density at radius 3 is 2.61 bits per heavy atom. The van der Waals surface area contributed by atoms with Gasteiger partial charge in [-0.05, 0) is 26.7 Å². The third-order valence-electron chi connectivity index (χ3n) is 4.26. The predicted molar refractivity (Wildman–Crippen MR) is 116 cm³/mol. The number of aliphatic imine (C=N–C) groups is 1. The standard InChI is InChI=1S/C17H28F3N5OS.HI/c1-12(2)26-9-8-25-6-4-13(5-7-25)23-16(21-3)22-10-15-24-14(11-27-15)17(18,19)20;/h11-13H,4-10H2,1-3H3,(H2,21,22,23);1H. The smallest absolute Gasteiger partial charge is 0.377 e. The van der Waals surface area contributed by atoms with E-state index in [1.807, 2.05) is 13.8 Å². The van der Waals surface area contributed by atoms with Crippen molar-refractivity contribution in [1.29, 1.82) is 0 Å². The summed E-state index contributed by atoms with van der Waals surface area (Å²) in [6.45, 7) is 7.92. The molecule has 1 saturated heterocycles. The molecule has 0 atom stereocenters. The van der Waals surface area contributed by atoms with Gasteiger partial charge in [0.25, 0.3) is 0 Å². The molecule has 1 fully saturated rings. The summed E-state index contributed by atoms with van der Waals surface area (Å²) in [7, 11) is 1.65. The maximum absolute atomic E-state index is 12.6. The van der Waals surface area contributed by atoms with E-state index in [4.69, 9.17) is 4.74 Å². The second-order valence-corrected chi connectivity index (χ2v) is 7.67. The summed E-state index contributed by atoms with van der Waals surface area (Å²) >= 11 is 0.990. The molecule has 1 aliphatic rings. The number of nitrogens with one attached hydrogen (secondary N) is 2. The van der Waals surface area contributed by atoms with E-state index in [0.717, 1.165) is 55.8 Å². The predicted octanol–water partition coefficient (Wildman–Crippen LogP) is 3.33. The fourth-order valence-electron chi connectivity index (χ4n) is 2.79. The van der Waals surface area contributed by atoms with E-state index >= 15 is 0 Å². The van der Waals surface area contributed by atoms with Crippen LogP contribution >= 0.6 is 35.3 Å². The SMILES string of the molecule is CN=C(NCc1nc(C(F)(F)F)cs1)NC1CCN(CCOC(C)C)CC1.I. The van der Waals surface area contributed by atoms with Crippen LogP contribution in [0.15, 0.2) is 10.4 Å². The van der Waals surface area contributed by atoms with Crippen LogP contribution in [0.4, 0.5) is 13.2 Å². The molecule has 1 aromatic rings. The Hall–Kier alpha value is -0.660. The monoisotopic (exact) mass is 535 g/mol. The van der Waals surface area contributed by atoms with E-state index in [0.29, 0.717) is 17.0 Å². The Labute approximate surface area is 185 Å². The van der Waals surface area contributed by atoms with Gasteiger partial charge in [0.05, 0.1) is 19.3 Å². The summed E-state index contributed by atoms with van der Waals surface area (Å²) < 4.78 is 43.4. The lowest BCUT2D eigenvalue weighted by molar-refractivity contribution is -0.140. The molecule has 162 valence electrons. The van der Waals surface area contributed by atoms with Crippen LogP contribution in [0, 0.1) is 0 Å². The molecule has 0 saturated carbocycles. The number of likely N-dealkylation sites (tertiary alicyclic amines) is 1. The van der Waals surface area contributed by atoms with Crippen LogP contribution in [0.1, 0.15) is 37.4 Å². The first kappa shape index (κ1) is 25.4. The molecule has 6 nitrogen and oxygen atoms in total. The van der Waals surface area contributed by atoms with Crippen molar-refractivity contribution in [2.24, 2.45) is 4.99 Å². The number of hydrogen-bond donors (Lipinski definition) is 2. The van der Waals surface area contributed by atoms with Gasteiger partial charge in [-0.2, -0.15) is 13.2 Å². The van der Waals surface area contributed by atoms with Crippen LogP contribution in [0.25, 0.3) is 0 Å². The van der Waals surface area contributed by atoms with E-state index in [1.165, 1.54) is 0 Å². The highest BCUT2D eigenvalue weighted by Crippen LogP contribution is 2.29. The average molecular weight is 535 g/mol. The first-order valence-corrected chi connectivity index (χ1v) is 9.98. The Morgan fingerprint density at radius 1 is 1.39 bits per heavy atom. The van der Waals surface area contributed by atoms with Gasteiger partial charge in [-0.15, -0.1) is 35.3 Å². The first-order chi connectivity index (χ1) is 12.8. The van der Waals surface area contributed by atoms with E-state index in [-0.39, 0.29) is 36.6 Å². The van der Waals surface area contributed by atoms with Gasteiger partial charge >= 0.3 is 6.18 Å². The molecule has 1 aliphatic heterocycles. The van der Waals surface area contributed by atoms with Crippen LogP contribution in [-0.2, 0) is 17.5 Å². The molecule has 0 aliphatic carbocycles. The quantitative estimate of drug-likeness (QED) is 0.319. The number of ether oxygens (including phenoxy) is 1. The topological polar surface area (TPSA) is 61.8 Å². The summed E-state index contributed by atoms with van der Waals surface area (Å²) in [5.41, 5.74) is -0.846. The molecule has 2 heterocycles. The van der Waals surface area contributed by atoms with Crippen LogP contribution < -0.4 is 10.6 Å². The summed E-state index contributed by atoms with van der Waals surface area (Å²) in [5, 5.41) is 7.80. The highest BCUT2D eigenvalue weighted by Gasteiger charge is 2.33. The molecule has 0 spiro atoms.